The molecular formula is C21H24N2O4. The van der Waals surface area contributed by atoms with Gasteiger partial charge in [0.15, 0.2) is 0 Å². The Kier molecular flexibility index (Phi) is 7.11. The molecule has 2 amide bonds. The summed E-state index contributed by atoms with van der Waals surface area (Å²) in [6.07, 6.45) is 0.708. The molecule has 6 nitrogen and oxygen atoms in total. The van der Waals surface area contributed by atoms with E-state index in [1.807, 2.05) is 38.1 Å². The third-order valence-electron chi connectivity index (χ3n) is 4.06. The Morgan fingerprint density at radius 1 is 1.04 bits per heavy atom. The van der Waals surface area contributed by atoms with Crippen LogP contribution in [-0.2, 0) is 9.53 Å². The van der Waals surface area contributed by atoms with E-state index in [2.05, 4.69) is 5.32 Å². The van der Waals surface area contributed by atoms with Gasteiger partial charge in [-0.05, 0) is 43.2 Å². The summed E-state index contributed by atoms with van der Waals surface area (Å²) in [7, 11) is 1.29. The summed E-state index contributed by atoms with van der Waals surface area (Å²) in [6.45, 7) is 4.21. The van der Waals surface area contributed by atoms with Gasteiger partial charge in [-0.1, -0.05) is 31.2 Å². The van der Waals surface area contributed by atoms with E-state index in [1.165, 1.54) is 18.1 Å². The molecule has 2 rings (SSSR count). The van der Waals surface area contributed by atoms with E-state index in [0.717, 1.165) is 11.3 Å². The SMILES string of the molecule is CCCN(CC(=O)Nc1ccccc1C)C(=O)c1cccc(C(=O)OC)c1. The lowest BCUT2D eigenvalue weighted by atomic mass is 10.1. The van der Waals surface area contributed by atoms with Crippen LogP contribution in [0.2, 0.25) is 0 Å². The number of nitrogens with one attached hydrogen (secondary N) is 1. The molecule has 6 heteroatoms. The first-order chi connectivity index (χ1) is 13.0. The molecule has 0 saturated heterocycles. The lowest BCUT2D eigenvalue weighted by molar-refractivity contribution is -0.116. The van der Waals surface area contributed by atoms with E-state index in [1.54, 1.807) is 18.2 Å². The Bertz CT molecular complexity index is 832. The van der Waals surface area contributed by atoms with Crippen molar-refractivity contribution in [3.63, 3.8) is 0 Å². The highest BCUT2D eigenvalue weighted by Crippen LogP contribution is 2.14. The number of nitrogens with zero attached hydrogens (tertiary/aromatic N) is 1. The molecule has 0 saturated carbocycles. The minimum Gasteiger partial charge on any atom is -0.465 e. The second-order valence-corrected chi connectivity index (χ2v) is 6.16. The fraction of sp³-hybridized carbons (Fsp3) is 0.286. The zero-order valence-corrected chi connectivity index (χ0v) is 15.8. The second kappa shape index (κ2) is 9.52. The van der Waals surface area contributed by atoms with E-state index in [0.29, 0.717) is 24.1 Å². The maximum atomic E-state index is 12.8. The van der Waals surface area contributed by atoms with Crippen LogP contribution in [-0.4, -0.2) is 42.9 Å². The van der Waals surface area contributed by atoms with Crippen molar-refractivity contribution in [3.8, 4) is 0 Å². The molecule has 0 aliphatic rings. The summed E-state index contributed by atoms with van der Waals surface area (Å²) in [5.41, 5.74) is 2.31. The van der Waals surface area contributed by atoms with Gasteiger partial charge < -0.3 is 15.0 Å². The molecule has 0 atom stereocenters. The summed E-state index contributed by atoms with van der Waals surface area (Å²) in [5, 5.41) is 2.84. The van der Waals surface area contributed by atoms with E-state index in [4.69, 9.17) is 4.74 Å². The highest BCUT2D eigenvalue weighted by molar-refractivity contribution is 6.01. The van der Waals surface area contributed by atoms with Crippen molar-refractivity contribution in [2.75, 3.05) is 25.5 Å². The minimum absolute atomic E-state index is 0.0660. The second-order valence-electron chi connectivity index (χ2n) is 6.16. The van der Waals surface area contributed by atoms with Crippen molar-refractivity contribution >= 4 is 23.5 Å². The van der Waals surface area contributed by atoms with Crippen molar-refractivity contribution in [2.24, 2.45) is 0 Å². The first kappa shape index (κ1) is 20.2. The number of esters is 1. The van der Waals surface area contributed by atoms with Crippen LogP contribution in [0.15, 0.2) is 48.5 Å². The molecule has 2 aromatic carbocycles. The molecule has 27 heavy (non-hydrogen) atoms. The first-order valence-electron chi connectivity index (χ1n) is 8.79. The molecule has 0 aliphatic carbocycles. The normalized spacial score (nSPS) is 10.2. The summed E-state index contributed by atoms with van der Waals surface area (Å²) in [5.74, 6) is -1.08. The number of benzene rings is 2. The number of hydrogen-bond donors (Lipinski definition) is 1. The molecule has 0 aromatic heterocycles. The number of ether oxygens (including phenoxy) is 1. The largest absolute Gasteiger partial charge is 0.465 e. The van der Waals surface area contributed by atoms with Crippen molar-refractivity contribution in [1.29, 1.82) is 0 Å². The smallest absolute Gasteiger partial charge is 0.337 e. The molecule has 0 fully saturated rings. The van der Waals surface area contributed by atoms with Crippen LogP contribution in [0, 0.1) is 6.92 Å². The average Bonchev–Trinajstić information content (AvgIpc) is 2.68. The van der Waals surface area contributed by atoms with Crippen molar-refractivity contribution in [2.45, 2.75) is 20.3 Å². The highest BCUT2D eigenvalue weighted by Gasteiger charge is 2.20. The van der Waals surface area contributed by atoms with Gasteiger partial charge >= 0.3 is 5.97 Å². The van der Waals surface area contributed by atoms with Gasteiger partial charge in [-0.25, -0.2) is 4.79 Å². The van der Waals surface area contributed by atoms with E-state index in [-0.39, 0.29) is 18.4 Å². The standard InChI is InChI=1S/C21H24N2O4/c1-4-12-23(14-19(24)22-18-11-6-5-8-15(18)2)20(25)16-9-7-10-17(13-16)21(26)27-3/h5-11,13H,4,12,14H2,1-3H3,(H,22,24). The highest BCUT2D eigenvalue weighted by atomic mass is 16.5. The average molecular weight is 368 g/mol. The number of amides is 2. The fourth-order valence-corrected chi connectivity index (χ4v) is 2.68. The third-order valence-corrected chi connectivity index (χ3v) is 4.06. The summed E-state index contributed by atoms with van der Waals surface area (Å²) in [6, 6.07) is 13.8. The molecule has 1 N–H and O–H groups in total. The van der Waals surface area contributed by atoms with Gasteiger partial charge in [0.25, 0.3) is 5.91 Å². The van der Waals surface area contributed by atoms with Gasteiger partial charge in [0.05, 0.1) is 12.7 Å². The van der Waals surface area contributed by atoms with Gasteiger partial charge in [0, 0.05) is 17.8 Å². The van der Waals surface area contributed by atoms with Gasteiger partial charge in [-0.3, -0.25) is 9.59 Å². The van der Waals surface area contributed by atoms with E-state index >= 15 is 0 Å². The Morgan fingerprint density at radius 3 is 2.41 bits per heavy atom. The zero-order valence-electron chi connectivity index (χ0n) is 15.8. The van der Waals surface area contributed by atoms with Gasteiger partial charge in [0.1, 0.15) is 6.54 Å². The summed E-state index contributed by atoms with van der Waals surface area (Å²) < 4.78 is 4.69. The van der Waals surface area contributed by atoms with Gasteiger partial charge in [0.2, 0.25) is 5.91 Å². The number of aryl methyl sites for hydroxylation is 1. The van der Waals surface area contributed by atoms with Crippen LogP contribution < -0.4 is 5.32 Å². The Hall–Kier alpha value is -3.15. The van der Waals surface area contributed by atoms with Gasteiger partial charge in [-0.2, -0.15) is 0 Å². The lowest BCUT2D eigenvalue weighted by Crippen LogP contribution is -2.38. The monoisotopic (exact) mass is 368 g/mol. The molecular weight excluding hydrogens is 344 g/mol. The number of carbonyl (C=O) groups is 3. The number of rotatable bonds is 7. The maximum Gasteiger partial charge on any atom is 0.337 e. The van der Waals surface area contributed by atoms with Crippen molar-refractivity contribution < 1.29 is 19.1 Å². The number of para-hydroxylation sites is 1. The lowest BCUT2D eigenvalue weighted by Gasteiger charge is -2.22. The fourth-order valence-electron chi connectivity index (χ4n) is 2.68. The summed E-state index contributed by atoms with van der Waals surface area (Å²) in [4.78, 5) is 38.4. The van der Waals surface area contributed by atoms with Crippen LogP contribution in [0.25, 0.3) is 0 Å². The Labute approximate surface area is 159 Å². The molecule has 0 heterocycles. The molecule has 142 valence electrons. The number of anilines is 1. The van der Waals surface area contributed by atoms with Crippen LogP contribution in [0.3, 0.4) is 0 Å². The van der Waals surface area contributed by atoms with Crippen molar-refractivity contribution in [3.05, 3.63) is 65.2 Å². The van der Waals surface area contributed by atoms with E-state index in [9.17, 15) is 14.4 Å². The molecule has 0 spiro atoms. The predicted octanol–water partition coefficient (Wildman–Crippen LogP) is 3.27. The number of carbonyl (C=O) groups excluding carboxylic acids is 3. The zero-order chi connectivity index (χ0) is 19.8. The maximum absolute atomic E-state index is 12.8. The number of hydrogen-bond acceptors (Lipinski definition) is 4. The third kappa shape index (κ3) is 5.41. The molecule has 2 aromatic rings. The van der Waals surface area contributed by atoms with Crippen LogP contribution in [0.5, 0.6) is 0 Å². The van der Waals surface area contributed by atoms with E-state index < -0.39 is 5.97 Å². The Morgan fingerprint density at radius 2 is 1.74 bits per heavy atom. The van der Waals surface area contributed by atoms with Crippen molar-refractivity contribution in [1.82, 2.24) is 4.90 Å². The van der Waals surface area contributed by atoms with Gasteiger partial charge in [-0.15, -0.1) is 0 Å². The molecule has 0 radical (unpaired) electrons. The Balaban J connectivity index is 2.14. The topological polar surface area (TPSA) is 75.7 Å². The predicted molar refractivity (Wildman–Crippen MR) is 104 cm³/mol. The summed E-state index contributed by atoms with van der Waals surface area (Å²) >= 11 is 0. The van der Waals surface area contributed by atoms with Crippen LogP contribution >= 0.6 is 0 Å². The quantitative estimate of drug-likeness (QED) is 0.761. The molecule has 0 unspecified atom stereocenters. The molecule has 0 bridgehead atoms. The minimum atomic E-state index is -0.510. The molecule has 0 aliphatic heterocycles. The van der Waals surface area contributed by atoms with Crippen LogP contribution in [0.1, 0.15) is 39.6 Å². The van der Waals surface area contributed by atoms with Crippen LogP contribution in [0.4, 0.5) is 5.69 Å². The number of methoxy groups -OCH3 is 1. The first-order valence-corrected chi connectivity index (χ1v) is 8.79.